The molecule has 26 heavy (non-hydrogen) atoms. The number of amides is 1. The van der Waals surface area contributed by atoms with E-state index in [0.717, 1.165) is 24.1 Å². The molecule has 0 radical (unpaired) electrons. The summed E-state index contributed by atoms with van der Waals surface area (Å²) in [6.07, 6.45) is 7.71. The molecular formula is C18H22N2O4S2. The van der Waals surface area contributed by atoms with Gasteiger partial charge >= 0.3 is 0 Å². The Balaban J connectivity index is 1.52. The Morgan fingerprint density at radius 1 is 1.23 bits per heavy atom. The van der Waals surface area contributed by atoms with Crippen LogP contribution in [0.25, 0.3) is 0 Å². The van der Waals surface area contributed by atoms with Gasteiger partial charge in [-0.3, -0.25) is 4.79 Å². The van der Waals surface area contributed by atoms with Gasteiger partial charge in [0.15, 0.2) is 5.76 Å². The van der Waals surface area contributed by atoms with Gasteiger partial charge in [0.2, 0.25) is 5.09 Å². The van der Waals surface area contributed by atoms with Gasteiger partial charge in [0, 0.05) is 18.0 Å². The van der Waals surface area contributed by atoms with E-state index in [2.05, 4.69) is 16.1 Å². The first-order valence-electron chi connectivity index (χ1n) is 8.62. The van der Waals surface area contributed by atoms with E-state index >= 15 is 0 Å². The molecule has 2 aromatic heterocycles. The smallest absolute Gasteiger partial charge is 0.287 e. The van der Waals surface area contributed by atoms with Crippen molar-refractivity contribution >= 4 is 27.3 Å². The fourth-order valence-electron chi connectivity index (χ4n) is 2.79. The Labute approximate surface area is 157 Å². The van der Waals surface area contributed by atoms with Crippen LogP contribution in [0, 0.1) is 0 Å². The Morgan fingerprint density at radius 3 is 2.85 bits per heavy atom. The van der Waals surface area contributed by atoms with Crippen LogP contribution < -0.4 is 10.0 Å². The zero-order valence-corrected chi connectivity index (χ0v) is 16.0. The summed E-state index contributed by atoms with van der Waals surface area (Å²) in [5, 5.41) is 4.40. The van der Waals surface area contributed by atoms with Gasteiger partial charge in [-0.2, -0.15) is 0 Å². The lowest BCUT2D eigenvalue weighted by Crippen LogP contribution is -2.25. The number of sulfonamides is 1. The second kappa shape index (κ2) is 8.66. The first-order valence-corrected chi connectivity index (χ1v) is 11.0. The normalized spacial score (nSPS) is 14.8. The highest BCUT2D eigenvalue weighted by Gasteiger charge is 2.21. The Hall–Kier alpha value is -1.90. The molecule has 1 aliphatic carbocycles. The van der Waals surface area contributed by atoms with E-state index in [4.69, 9.17) is 4.42 Å². The standard InChI is InChI=1S/C18H22N2O4S2/c21-18(19-11-10-14-5-2-1-3-6-14)16-8-9-17(24-16)26(22,23)20-13-15-7-4-12-25-15/h4-5,7-9,12,20H,1-3,6,10-11,13H2,(H,19,21). The van der Waals surface area contributed by atoms with E-state index in [1.54, 1.807) is 0 Å². The van der Waals surface area contributed by atoms with Crippen LogP contribution in [0.1, 0.15) is 47.5 Å². The van der Waals surface area contributed by atoms with Crippen molar-refractivity contribution in [3.8, 4) is 0 Å². The van der Waals surface area contributed by atoms with Gasteiger partial charge in [-0.05, 0) is 55.7 Å². The Bertz CT molecular complexity index is 867. The first kappa shape index (κ1) is 18.9. The Morgan fingerprint density at radius 2 is 2.12 bits per heavy atom. The van der Waals surface area contributed by atoms with Crippen LogP contribution in [0.5, 0.6) is 0 Å². The zero-order valence-electron chi connectivity index (χ0n) is 14.4. The first-order chi connectivity index (χ1) is 12.5. The maximum atomic E-state index is 12.2. The highest BCUT2D eigenvalue weighted by molar-refractivity contribution is 7.89. The van der Waals surface area contributed by atoms with Gasteiger partial charge in [0.1, 0.15) is 0 Å². The summed E-state index contributed by atoms with van der Waals surface area (Å²) in [7, 11) is -3.79. The lowest BCUT2D eigenvalue weighted by atomic mass is 9.97. The predicted octanol–water partition coefficient (Wildman–Crippen LogP) is 3.44. The molecule has 6 nitrogen and oxygen atoms in total. The van der Waals surface area contributed by atoms with Crippen LogP contribution in [0.15, 0.2) is 50.8 Å². The van der Waals surface area contributed by atoms with E-state index in [9.17, 15) is 13.2 Å². The molecule has 0 saturated heterocycles. The van der Waals surface area contributed by atoms with Crippen LogP contribution in [-0.4, -0.2) is 20.9 Å². The summed E-state index contributed by atoms with van der Waals surface area (Å²) >= 11 is 1.46. The predicted molar refractivity (Wildman–Crippen MR) is 101 cm³/mol. The van der Waals surface area contributed by atoms with Crippen LogP contribution in [0.2, 0.25) is 0 Å². The summed E-state index contributed by atoms with van der Waals surface area (Å²) in [6.45, 7) is 0.710. The summed E-state index contributed by atoms with van der Waals surface area (Å²) < 4.78 is 32.2. The fourth-order valence-corrected chi connectivity index (χ4v) is 4.46. The van der Waals surface area contributed by atoms with Gasteiger partial charge in [-0.1, -0.05) is 17.7 Å². The van der Waals surface area contributed by atoms with Gasteiger partial charge in [0.05, 0.1) is 0 Å². The SMILES string of the molecule is O=C(NCCC1=CCCCC1)c1ccc(S(=O)(=O)NCc2cccs2)o1. The molecule has 0 bridgehead atoms. The number of thiophene rings is 1. The largest absolute Gasteiger partial charge is 0.438 e. The quantitative estimate of drug-likeness (QED) is 0.671. The maximum Gasteiger partial charge on any atom is 0.287 e. The van der Waals surface area contributed by atoms with Gasteiger partial charge in [-0.25, -0.2) is 13.1 Å². The molecule has 0 atom stereocenters. The Kier molecular flexibility index (Phi) is 6.29. The maximum absolute atomic E-state index is 12.2. The molecule has 0 saturated carbocycles. The molecule has 2 N–H and O–H groups in total. The van der Waals surface area contributed by atoms with Gasteiger partial charge in [-0.15, -0.1) is 11.3 Å². The molecule has 2 heterocycles. The second-order valence-corrected chi connectivity index (χ2v) is 8.87. The number of hydrogen-bond donors (Lipinski definition) is 2. The van der Waals surface area contributed by atoms with Gasteiger partial charge < -0.3 is 9.73 Å². The van der Waals surface area contributed by atoms with Crippen molar-refractivity contribution in [1.82, 2.24) is 10.0 Å². The number of nitrogens with one attached hydrogen (secondary N) is 2. The van der Waals surface area contributed by atoms with Gasteiger partial charge in [0.25, 0.3) is 15.9 Å². The summed E-state index contributed by atoms with van der Waals surface area (Å²) in [4.78, 5) is 13.0. The molecule has 8 heteroatoms. The van der Waals surface area contributed by atoms with Crippen LogP contribution in [-0.2, 0) is 16.6 Å². The highest BCUT2D eigenvalue weighted by Crippen LogP contribution is 2.20. The average Bonchev–Trinajstić information content (AvgIpc) is 3.33. The van der Waals surface area contributed by atoms with Crippen molar-refractivity contribution in [2.75, 3.05) is 6.54 Å². The molecule has 0 aromatic carbocycles. The van der Waals surface area contributed by atoms with Crippen molar-refractivity contribution in [3.05, 3.63) is 51.9 Å². The highest BCUT2D eigenvalue weighted by atomic mass is 32.2. The number of allylic oxidation sites excluding steroid dienone is 1. The number of hydrogen-bond acceptors (Lipinski definition) is 5. The van der Waals surface area contributed by atoms with Crippen molar-refractivity contribution in [1.29, 1.82) is 0 Å². The molecule has 0 fully saturated rings. The minimum absolute atomic E-state index is 0.000813. The van der Waals surface area contributed by atoms with Crippen molar-refractivity contribution in [3.63, 3.8) is 0 Å². The van der Waals surface area contributed by atoms with E-state index in [1.165, 1.54) is 41.9 Å². The molecule has 0 unspecified atom stereocenters. The molecular weight excluding hydrogens is 372 g/mol. The zero-order chi connectivity index (χ0) is 18.4. The molecule has 1 amide bonds. The number of carbonyl (C=O) groups is 1. The second-order valence-electron chi connectivity index (χ2n) is 6.14. The van der Waals surface area contributed by atoms with Crippen LogP contribution in [0.3, 0.4) is 0 Å². The van der Waals surface area contributed by atoms with Crippen molar-refractivity contribution < 1.29 is 17.6 Å². The van der Waals surface area contributed by atoms with E-state index in [0.29, 0.717) is 6.54 Å². The third-order valence-electron chi connectivity index (χ3n) is 4.20. The number of rotatable bonds is 8. The molecule has 2 aromatic rings. The van der Waals surface area contributed by atoms with Crippen molar-refractivity contribution in [2.24, 2.45) is 0 Å². The third kappa shape index (κ3) is 5.06. The average molecular weight is 395 g/mol. The van der Waals surface area contributed by atoms with Crippen molar-refractivity contribution in [2.45, 2.75) is 43.7 Å². The molecule has 140 valence electrons. The third-order valence-corrected chi connectivity index (χ3v) is 6.35. The molecule has 1 aliphatic rings. The lowest BCUT2D eigenvalue weighted by molar-refractivity contribution is 0.0921. The molecule has 0 aliphatic heterocycles. The summed E-state index contributed by atoms with van der Waals surface area (Å²) in [5.74, 6) is -0.403. The minimum atomic E-state index is -3.79. The summed E-state index contributed by atoms with van der Waals surface area (Å²) in [6, 6.07) is 6.38. The van der Waals surface area contributed by atoms with E-state index < -0.39 is 15.9 Å². The van der Waals surface area contributed by atoms with Crippen LogP contribution >= 0.6 is 11.3 Å². The van der Waals surface area contributed by atoms with Crippen LogP contribution in [0.4, 0.5) is 0 Å². The monoisotopic (exact) mass is 394 g/mol. The summed E-state index contributed by atoms with van der Waals surface area (Å²) in [5.41, 5.74) is 1.37. The number of carbonyl (C=O) groups excluding carboxylic acids is 1. The minimum Gasteiger partial charge on any atom is -0.438 e. The molecule has 3 rings (SSSR count). The molecule has 0 spiro atoms. The van der Waals surface area contributed by atoms with E-state index in [-0.39, 0.29) is 17.4 Å². The topological polar surface area (TPSA) is 88.4 Å². The number of furan rings is 1. The fraction of sp³-hybridized carbons (Fsp3) is 0.389. The lowest BCUT2D eigenvalue weighted by Gasteiger charge is -2.12. The van der Waals surface area contributed by atoms with E-state index in [1.807, 2.05) is 17.5 Å².